The molecule has 0 bridgehead atoms. The molecule has 14 heavy (non-hydrogen) atoms. The van der Waals surface area contributed by atoms with Crippen molar-refractivity contribution in [3.63, 3.8) is 0 Å². The fraction of sp³-hybridized carbons (Fsp3) is 0.125. The molecule has 0 saturated carbocycles. The van der Waals surface area contributed by atoms with Crippen LogP contribution in [0.4, 0.5) is 5.69 Å². The summed E-state index contributed by atoms with van der Waals surface area (Å²) in [5.74, 6) is -0.300. The summed E-state index contributed by atoms with van der Waals surface area (Å²) >= 11 is 8.72. The van der Waals surface area contributed by atoms with Gasteiger partial charge in [-0.3, -0.25) is 14.9 Å². The van der Waals surface area contributed by atoms with Crippen molar-refractivity contribution in [1.82, 2.24) is 0 Å². The zero-order chi connectivity index (χ0) is 10.9. The monoisotopic (exact) mass is 277 g/mol. The Labute approximate surface area is 93.1 Å². The number of nitro groups is 1. The van der Waals surface area contributed by atoms with Gasteiger partial charge < -0.3 is 0 Å². The fourth-order valence-electron chi connectivity index (χ4n) is 0.947. The van der Waals surface area contributed by atoms with E-state index in [1.165, 1.54) is 13.0 Å². The average Bonchev–Trinajstić information content (AvgIpc) is 2.02. The molecule has 0 heterocycles. The third kappa shape index (κ3) is 2.10. The molecule has 0 aliphatic rings. The summed E-state index contributed by atoms with van der Waals surface area (Å²) in [7, 11) is 0. The standard InChI is InChI=1S/C8H5BrClNO3/c1-4(12)5-2-8(11(13)14)6(9)3-7(5)10/h2-3H,1H3. The molecule has 0 spiro atoms. The zero-order valence-electron chi connectivity index (χ0n) is 7.08. The highest BCUT2D eigenvalue weighted by molar-refractivity contribution is 9.10. The number of carbonyl (C=O) groups is 1. The second-order valence-electron chi connectivity index (χ2n) is 2.60. The summed E-state index contributed by atoms with van der Waals surface area (Å²) in [5, 5.41) is 10.7. The molecule has 74 valence electrons. The smallest absolute Gasteiger partial charge is 0.284 e. The minimum atomic E-state index is -0.577. The van der Waals surface area contributed by atoms with Gasteiger partial charge in [-0.25, -0.2) is 0 Å². The van der Waals surface area contributed by atoms with Gasteiger partial charge in [0.05, 0.1) is 14.4 Å². The highest BCUT2D eigenvalue weighted by atomic mass is 79.9. The van der Waals surface area contributed by atoms with Gasteiger partial charge in [0.1, 0.15) is 0 Å². The van der Waals surface area contributed by atoms with E-state index in [1.54, 1.807) is 0 Å². The van der Waals surface area contributed by atoms with Crippen molar-refractivity contribution in [2.75, 3.05) is 0 Å². The van der Waals surface area contributed by atoms with Crippen LogP contribution in [0.15, 0.2) is 16.6 Å². The first-order valence-electron chi connectivity index (χ1n) is 3.58. The van der Waals surface area contributed by atoms with E-state index in [1.807, 2.05) is 0 Å². The van der Waals surface area contributed by atoms with E-state index in [0.717, 1.165) is 6.07 Å². The lowest BCUT2D eigenvalue weighted by atomic mass is 10.1. The van der Waals surface area contributed by atoms with Gasteiger partial charge in [0.25, 0.3) is 5.69 Å². The van der Waals surface area contributed by atoms with Crippen molar-refractivity contribution >= 4 is 39.0 Å². The van der Waals surface area contributed by atoms with Crippen LogP contribution in [0.1, 0.15) is 17.3 Å². The largest absolute Gasteiger partial charge is 0.294 e. The Morgan fingerprint density at radius 1 is 1.57 bits per heavy atom. The lowest BCUT2D eigenvalue weighted by molar-refractivity contribution is -0.385. The third-order valence-corrected chi connectivity index (χ3v) is 2.56. The molecule has 0 amide bonds. The maximum atomic E-state index is 11.0. The van der Waals surface area contributed by atoms with Crippen LogP contribution in [-0.4, -0.2) is 10.7 Å². The highest BCUT2D eigenvalue weighted by Crippen LogP contribution is 2.31. The molecular weight excluding hydrogens is 273 g/mol. The number of hydrogen-bond donors (Lipinski definition) is 0. The van der Waals surface area contributed by atoms with E-state index >= 15 is 0 Å². The Balaban J connectivity index is 3.42. The quantitative estimate of drug-likeness (QED) is 0.474. The fourth-order valence-corrected chi connectivity index (χ4v) is 1.86. The molecule has 0 unspecified atom stereocenters. The van der Waals surface area contributed by atoms with Crippen LogP contribution in [0.2, 0.25) is 5.02 Å². The second-order valence-corrected chi connectivity index (χ2v) is 3.86. The summed E-state index contributed by atoms with van der Waals surface area (Å²) < 4.78 is 0.262. The first-order chi connectivity index (χ1) is 6.43. The first kappa shape index (κ1) is 11.1. The van der Waals surface area contributed by atoms with Gasteiger partial charge in [-0.2, -0.15) is 0 Å². The van der Waals surface area contributed by atoms with Gasteiger partial charge in [-0.1, -0.05) is 11.6 Å². The normalized spacial score (nSPS) is 9.93. The minimum absolute atomic E-state index is 0.154. The van der Waals surface area contributed by atoms with E-state index in [-0.39, 0.29) is 26.5 Å². The van der Waals surface area contributed by atoms with Gasteiger partial charge in [0, 0.05) is 11.6 Å². The van der Waals surface area contributed by atoms with Crippen LogP contribution in [0, 0.1) is 10.1 Å². The van der Waals surface area contributed by atoms with Crippen molar-refractivity contribution in [2.24, 2.45) is 0 Å². The number of nitrogens with zero attached hydrogens (tertiary/aromatic N) is 1. The Kier molecular flexibility index (Phi) is 3.23. The number of Topliss-reactive ketones (excluding diaryl/α,β-unsaturated/α-hetero) is 1. The number of nitro benzene ring substituents is 1. The molecule has 0 fully saturated rings. The van der Waals surface area contributed by atoms with Crippen molar-refractivity contribution in [2.45, 2.75) is 6.92 Å². The van der Waals surface area contributed by atoms with Crippen molar-refractivity contribution in [3.05, 3.63) is 37.3 Å². The topological polar surface area (TPSA) is 60.2 Å². The summed E-state index contributed by atoms with van der Waals surface area (Å²) in [5.41, 5.74) is -0.0128. The van der Waals surface area contributed by atoms with Crippen molar-refractivity contribution < 1.29 is 9.72 Å². The van der Waals surface area contributed by atoms with E-state index < -0.39 is 4.92 Å². The van der Waals surface area contributed by atoms with Gasteiger partial charge >= 0.3 is 0 Å². The molecule has 0 aromatic heterocycles. The maximum absolute atomic E-state index is 11.0. The molecule has 0 aliphatic heterocycles. The summed E-state index contributed by atoms with van der Waals surface area (Å²) in [6.07, 6.45) is 0. The molecule has 0 N–H and O–H groups in total. The van der Waals surface area contributed by atoms with Crippen molar-refractivity contribution in [1.29, 1.82) is 0 Å². The molecule has 0 atom stereocenters. The summed E-state index contributed by atoms with van der Waals surface area (Å²) in [4.78, 5) is 21.0. The Bertz CT molecular complexity index is 384. The van der Waals surface area contributed by atoms with Crippen LogP contribution >= 0.6 is 27.5 Å². The SMILES string of the molecule is CC(=O)c1cc([N+](=O)[O-])c(Br)cc1Cl. The van der Waals surface area contributed by atoms with Crippen LogP contribution < -0.4 is 0 Å². The predicted molar refractivity (Wildman–Crippen MR) is 55.8 cm³/mol. The van der Waals surface area contributed by atoms with Crippen LogP contribution in [0.5, 0.6) is 0 Å². The first-order valence-corrected chi connectivity index (χ1v) is 4.75. The van der Waals surface area contributed by atoms with E-state index in [2.05, 4.69) is 15.9 Å². The third-order valence-electron chi connectivity index (χ3n) is 1.61. The van der Waals surface area contributed by atoms with Gasteiger partial charge in [-0.05, 0) is 28.9 Å². The Morgan fingerprint density at radius 3 is 2.57 bits per heavy atom. The van der Waals surface area contributed by atoms with E-state index in [0.29, 0.717) is 0 Å². The molecule has 1 rings (SSSR count). The lowest BCUT2D eigenvalue weighted by Gasteiger charge is -2.01. The molecular formula is C8H5BrClNO3. The second kappa shape index (κ2) is 4.06. The number of ketones is 1. The van der Waals surface area contributed by atoms with Crippen LogP contribution in [-0.2, 0) is 0 Å². The van der Waals surface area contributed by atoms with Crippen molar-refractivity contribution in [3.8, 4) is 0 Å². The Morgan fingerprint density at radius 2 is 2.14 bits per heavy atom. The molecule has 4 nitrogen and oxygen atoms in total. The van der Waals surface area contributed by atoms with E-state index in [4.69, 9.17) is 11.6 Å². The molecule has 1 aromatic rings. The summed E-state index contributed by atoms with van der Waals surface area (Å²) in [6.45, 7) is 1.30. The highest BCUT2D eigenvalue weighted by Gasteiger charge is 2.17. The van der Waals surface area contributed by atoms with Gasteiger partial charge in [0.15, 0.2) is 5.78 Å². The van der Waals surface area contributed by atoms with Crippen LogP contribution in [0.25, 0.3) is 0 Å². The number of carbonyl (C=O) groups excluding carboxylic acids is 1. The molecule has 0 aliphatic carbocycles. The molecule has 1 aromatic carbocycles. The summed E-state index contributed by atoms with van der Waals surface area (Å²) in [6, 6.07) is 2.51. The number of benzene rings is 1. The zero-order valence-corrected chi connectivity index (χ0v) is 9.42. The van der Waals surface area contributed by atoms with Gasteiger partial charge in [-0.15, -0.1) is 0 Å². The average molecular weight is 278 g/mol. The van der Waals surface area contributed by atoms with Crippen LogP contribution in [0.3, 0.4) is 0 Å². The number of halogens is 2. The lowest BCUT2D eigenvalue weighted by Crippen LogP contribution is -1.97. The number of hydrogen-bond acceptors (Lipinski definition) is 3. The molecule has 0 radical (unpaired) electrons. The van der Waals surface area contributed by atoms with E-state index in [9.17, 15) is 14.9 Å². The van der Waals surface area contributed by atoms with Gasteiger partial charge in [0.2, 0.25) is 0 Å². The Hall–Kier alpha value is -0.940. The molecule has 0 saturated heterocycles. The maximum Gasteiger partial charge on any atom is 0.284 e. The predicted octanol–water partition coefficient (Wildman–Crippen LogP) is 3.21. The minimum Gasteiger partial charge on any atom is -0.294 e. The molecule has 6 heteroatoms. The number of rotatable bonds is 2.